The van der Waals surface area contributed by atoms with Crippen molar-refractivity contribution in [2.24, 2.45) is 11.8 Å². The van der Waals surface area contributed by atoms with Crippen LogP contribution in [0.1, 0.15) is 104 Å². The average molecular weight is 513 g/mol. The van der Waals surface area contributed by atoms with Crippen LogP contribution >= 0.6 is 15.8 Å². The van der Waals surface area contributed by atoms with Crippen LogP contribution in [0, 0.1) is 11.8 Å². The predicted molar refractivity (Wildman–Crippen MR) is 166 cm³/mol. The van der Waals surface area contributed by atoms with Gasteiger partial charge in [-0.1, -0.05) is 157 Å². The van der Waals surface area contributed by atoms with E-state index >= 15 is 0 Å². The van der Waals surface area contributed by atoms with Crippen LogP contribution in [0.4, 0.5) is 0 Å². The SMILES string of the molecule is CCCCC(CC)Cc1ccc(P(CC)CP(CC)c2ccc(CC(CC)CCCC)cc2)cc1. The summed E-state index contributed by atoms with van der Waals surface area (Å²) in [7, 11) is -0.141. The van der Waals surface area contributed by atoms with E-state index in [9.17, 15) is 0 Å². The summed E-state index contributed by atoms with van der Waals surface area (Å²) in [6.07, 6.45) is 15.9. The van der Waals surface area contributed by atoms with Crippen LogP contribution in [0.5, 0.6) is 0 Å². The van der Waals surface area contributed by atoms with E-state index in [-0.39, 0.29) is 15.8 Å². The molecule has 0 amide bonds. The maximum absolute atomic E-state index is 2.48. The molecule has 0 bridgehead atoms. The Hall–Kier alpha value is -0.700. The number of unbranched alkanes of at least 4 members (excludes halogenated alkanes) is 2. The lowest BCUT2D eigenvalue weighted by Gasteiger charge is -2.24. The second kappa shape index (κ2) is 17.7. The van der Waals surface area contributed by atoms with Crippen LogP contribution in [0.15, 0.2) is 48.5 Å². The highest BCUT2D eigenvalue weighted by Crippen LogP contribution is 2.49. The van der Waals surface area contributed by atoms with Crippen LogP contribution in [0.25, 0.3) is 0 Å². The van der Waals surface area contributed by atoms with Crippen molar-refractivity contribution in [2.45, 2.75) is 106 Å². The number of benzene rings is 2. The van der Waals surface area contributed by atoms with Crippen molar-refractivity contribution in [3.63, 3.8) is 0 Å². The van der Waals surface area contributed by atoms with Gasteiger partial charge in [0.15, 0.2) is 0 Å². The summed E-state index contributed by atoms with van der Waals surface area (Å²) >= 11 is 0. The highest BCUT2D eigenvalue weighted by Gasteiger charge is 2.17. The Bertz CT molecular complexity index is 712. The first kappa shape index (κ1) is 30.5. The van der Waals surface area contributed by atoms with Gasteiger partial charge in [0.2, 0.25) is 0 Å². The van der Waals surface area contributed by atoms with E-state index in [2.05, 4.69) is 90.1 Å². The third kappa shape index (κ3) is 10.7. The van der Waals surface area contributed by atoms with E-state index in [1.54, 1.807) is 21.7 Å². The second-order valence-corrected chi connectivity index (χ2v) is 16.0. The zero-order valence-corrected chi connectivity index (χ0v) is 25.6. The summed E-state index contributed by atoms with van der Waals surface area (Å²) < 4.78 is 0. The minimum Gasteiger partial charge on any atom is -0.0709 e. The largest absolute Gasteiger partial charge is 0.0709 e. The molecule has 35 heavy (non-hydrogen) atoms. The van der Waals surface area contributed by atoms with Crippen molar-refractivity contribution in [3.05, 3.63) is 59.7 Å². The van der Waals surface area contributed by atoms with E-state index in [1.807, 2.05) is 0 Å². The van der Waals surface area contributed by atoms with Gasteiger partial charge in [-0.25, -0.2) is 0 Å². The predicted octanol–water partition coefficient (Wildman–Crippen LogP) is 10.1. The molecule has 0 heterocycles. The van der Waals surface area contributed by atoms with Gasteiger partial charge in [-0.3, -0.25) is 0 Å². The normalized spacial score (nSPS) is 15.0. The Balaban J connectivity index is 2.01. The van der Waals surface area contributed by atoms with Gasteiger partial charge in [-0.05, 0) is 64.6 Å². The molecule has 4 unspecified atom stereocenters. The lowest BCUT2D eigenvalue weighted by Crippen LogP contribution is -2.11. The van der Waals surface area contributed by atoms with E-state index in [4.69, 9.17) is 0 Å². The highest BCUT2D eigenvalue weighted by atomic mass is 31.2. The van der Waals surface area contributed by atoms with Crippen LogP contribution in [-0.2, 0) is 12.8 Å². The van der Waals surface area contributed by atoms with Crippen molar-refractivity contribution in [3.8, 4) is 0 Å². The molecule has 0 radical (unpaired) electrons. The van der Waals surface area contributed by atoms with Gasteiger partial charge in [-0.2, -0.15) is 0 Å². The van der Waals surface area contributed by atoms with Gasteiger partial charge in [0, 0.05) is 0 Å². The topological polar surface area (TPSA) is 0 Å². The van der Waals surface area contributed by atoms with Crippen LogP contribution in [0.3, 0.4) is 0 Å². The molecule has 0 saturated heterocycles. The third-order valence-electron chi connectivity index (χ3n) is 7.84. The Labute approximate surface area is 221 Å². The molecule has 2 aromatic rings. The minimum atomic E-state index is -0.0704. The fraction of sp³-hybridized carbons (Fsp3) is 0.636. The van der Waals surface area contributed by atoms with E-state index in [1.165, 1.54) is 82.4 Å². The molecule has 196 valence electrons. The molecular weight excluding hydrogens is 458 g/mol. The van der Waals surface area contributed by atoms with Gasteiger partial charge in [0.1, 0.15) is 0 Å². The van der Waals surface area contributed by atoms with Gasteiger partial charge < -0.3 is 0 Å². The summed E-state index contributed by atoms with van der Waals surface area (Å²) in [4.78, 5) is 0. The van der Waals surface area contributed by atoms with Crippen molar-refractivity contribution in [2.75, 3.05) is 18.2 Å². The molecule has 4 atom stereocenters. The van der Waals surface area contributed by atoms with E-state index in [0.29, 0.717) is 0 Å². The van der Waals surface area contributed by atoms with Gasteiger partial charge in [0.05, 0.1) is 0 Å². The fourth-order valence-electron chi connectivity index (χ4n) is 5.17. The molecule has 0 nitrogen and oxygen atoms in total. The van der Waals surface area contributed by atoms with Crippen LogP contribution < -0.4 is 10.6 Å². The summed E-state index contributed by atoms with van der Waals surface area (Å²) in [5.74, 6) is 3.09. The lowest BCUT2D eigenvalue weighted by molar-refractivity contribution is 0.449. The second-order valence-electron chi connectivity index (χ2n) is 10.4. The van der Waals surface area contributed by atoms with Crippen LogP contribution in [0.2, 0.25) is 0 Å². The van der Waals surface area contributed by atoms with Crippen LogP contribution in [-0.4, -0.2) is 18.2 Å². The van der Waals surface area contributed by atoms with Crippen molar-refractivity contribution >= 4 is 26.5 Å². The molecular formula is C33H54P2. The zero-order valence-electron chi connectivity index (χ0n) is 23.9. The average Bonchev–Trinajstić information content (AvgIpc) is 2.90. The van der Waals surface area contributed by atoms with E-state index < -0.39 is 0 Å². The van der Waals surface area contributed by atoms with Crippen molar-refractivity contribution < 1.29 is 0 Å². The van der Waals surface area contributed by atoms with Gasteiger partial charge in [0.25, 0.3) is 0 Å². The zero-order chi connectivity index (χ0) is 25.5. The first-order valence-electron chi connectivity index (χ1n) is 14.8. The highest BCUT2D eigenvalue weighted by molar-refractivity contribution is 7.81. The first-order valence-corrected chi connectivity index (χ1v) is 18.2. The first-order chi connectivity index (χ1) is 17.1. The lowest BCUT2D eigenvalue weighted by atomic mass is 9.92. The molecule has 0 spiro atoms. The standard InChI is InChI=1S/C33H54P2/c1-7-13-15-28(9-3)25-30-17-21-32(22-18-30)34(11-5)27-35(12-6)33-23-19-31(20-24-33)26-29(10-4)16-14-8-2/h17-24,28-29H,7-16,25-27H2,1-6H3. The molecule has 2 aromatic carbocycles. The summed E-state index contributed by atoms with van der Waals surface area (Å²) in [5.41, 5.74) is 3.08. The van der Waals surface area contributed by atoms with E-state index in [0.717, 1.165) is 11.8 Å². The maximum atomic E-state index is 2.48. The monoisotopic (exact) mass is 512 g/mol. The smallest absolute Gasteiger partial charge is 0.00401 e. The molecule has 0 N–H and O–H groups in total. The molecule has 2 rings (SSSR count). The molecule has 0 saturated carbocycles. The summed E-state index contributed by atoms with van der Waals surface area (Å²) in [6.45, 7) is 14.2. The molecule has 0 aromatic heterocycles. The number of hydrogen-bond donors (Lipinski definition) is 0. The quantitative estimate of drug-likeness (QED) is 0.174. The molecule has 2 heteroatoms. The summed E-state index contributed by atoms with van der Waals surface area (Å²) in [5, 5.41) is 3.24. The number of rotatable bonds is 18. The Morgan fingerprint density at radius 1 is 0.543 bits per heavy atom. The molecule has 0 aliphatic heterocycles. The Morgan fingerprint density at radius 3 is 1.20 bits per heavy atom. The molecule has 0 aliphatic rings. The van der Waals surface area contributed by atoms with Crippen molar-refractivity contribution in [1.82, 2.24) is 0 Å². The molecule has 0 aliphatic carbocycles. The number of hydrogen-bond acceptors (Lipinski definition) is 0. The third-order valence-corrected chi connectivity index (χ3v) is 14.2. The minimum absolute atomic E-state index is 0.0704. The summed E-state index contributed by atoms with van der Waals surface area (Å²) in [6, 6.07) is 19.7. The van der Waals surface area contributed by atoms with Gasteiger partial charge in [-0.15, -0.1) is 0 Å². The fourth-order valence-corrected chi connectivity index (χ4v) is 11.6. The Kier molecular flexibility index (Phi) is 15.4. The molecule has 0 fully saturated rings. The maximum Gasteiger partial charge on any atom is -0.00401 e. The Morgan fingerprint density at radius 2 is 0.914 bits per heavy atom. The van der Waals surface area contributed by atoms with Gasteiger partial charge >= 0.3 is 0 Å². The van der Waals surface area contributed by atoms with Crippen molar-refractivity contribution in [1.29, 1.82) is 0 Å².